The van der Waals surface area contributed by atoms with Gasteiger partial charge in [-0.15, -0.1) is 0 Å². The highest BCUT2D eigenvalue weighted by Crippen LogP contribution is 2.12. The molecule has 22 heavy (non-hydrogen) atoms. The zero-order valence-corrected chi connectivity index (χ0v) is 12.8. The van der Waals surface area contributed by atoms with Gasteiger partial charge < -0.3 is 14.8 Å². The lowest BCUT2D eigenvalue weighted by molar-refractivity contribution is -0.146. The van der Waals surface area contributed by atoms with E-state index < -0.39 is 11.9 Å². The minimum Gasteiger partial charge on any atom is -0.462 e. The van der Waals surface area contributed by atoms with Crippen LogP contribution >= 0.6 is 0 Å². The van der Waals surface area contributed by atoms with Crippen LogP contribution in [0.4, 0.5) is 5.69 Å². The largest absolute Gasteiger partial charge is 0.462 e. The van der Waals surface area contributed by atoms with Gasteiger partial charge in [-0.1, -0.05) is 12.1 Å². The van der Waals surface area contributed by atoms with Gasteiger partial charge in [0.15, 0.2) is 11.4 Å². The van der Waals surface area contributed by atoms with Crippen LogP contribution in [-0.2, 0) is 19.1 Å². The molecule has 0 aromatic heterocycles. The van der Waals surface area contributed by atoms with Crippen LogP contribution in [0, 0.1) is 0 Å². The van der Waals surface area contributed by atoms with Gasteiger partial charge in [0.1, 0.15) is 0 Å². The average Bonchev–Trinajstić information content (AvgIpc) is 2.48. The summed E-state index contributed by atoms with van der Waals surface area (Å²) in [5.74, 6) is -1.61. The van der Waals surface area contributed by atoms with E-state index >= 15 is 0 Å². The number of hydrogen-bond acceptors (Lipinski definition) is 6. The van der Waals surface area contributed by atoms with Gasteiger partial charge in [-0.25, -0.2) is 9.59 Å². The van der Waals surface area contributed by atoms with Crippen molar-refractivity contribution in [2.75, 3.05) is 18.5 Å². The SMILES string of the molecule is CCOC(=O)C(=CNc1cccc(C(C)=O)c1)C(=O)OCC. The summed E-state index contributed by atoms with van der Waals surface area (Å²) in [7, 11) is 0. The highest BCUT2D eigenvalue weighted by molar-refractivity contribution is 6.14. The van der Waals surface area contributed by atoms with Crippen LogP contribution in [0.3, 0.4) is 0 Å². The van der Waals surface area contributed by atoms with Crippen molar-refractivity contribution in [3.05, 3.63) is 41.6 Å². The fourth-order valence-electron chi connectivity index (χ4n) is 1.60. The molecule has 0 saturated carbocycles. The Kier molecular flexibility index (Phi) is 6.82. The van der Waals surface area contributed by atoms with Gasteiger partial charge in [-0.05, 0) is 32.9 Å². The number of rotatable bonds is 7. The van der Waals surface area contributed by atoms with Crippen molar-refractivity contribution in [2.45, 2.75) is 20.8 Å². The lowest BCUT2D eigenvalue weighted by Gasteiger charge is -2.08. The molecule has 0 atom stereocenters. The van der Waals surface area contributed by atoms with Crippen LogP contribution in [0.25, 0.3) is 0 Å². The predicted octanol–water partition coefficient (Wildman–Crippen LogP) is 2.31. The molecule has 0 heterocycles. The molecule has 0 saturated heterocycles. The van der Waals surface area contributed by atoms with Gasteiger partial charge >= 0.3 is 11.9 Å². The number of nitrogens with one attached hydrogen (secondary N) is 1. The van der Waals surface area contributed by atoms with Gasteiger partial charge in [0, 0.05) is 17.5 Å². The maximum atomic E-state index is 11.8. The molecule has 0 spiro atoms. The number of benzene rings is 1. The molecule has 0 bridgehead atoms. The molecule has 0 aliphatic carbocycles. The van der Waals surface area contributed by atoms with E-state index in [9.17, 15) is 14.4 Å². The van der Waals surface area contributed by atoms with Crippen molar-refractivity contribution < 1.29 is 23.9 Å². The van der Waals surface area contributed by atoms with Crippen LogP contribution in [0.5, 0.6) is 0 Å². The van der Waals surface area contributed by atoms with E-state index in [2.05, 4.69) is 5.32 Å². The molecule has 1 aromatic rings. The van der Waals surface area contributed by atoms with Crippen molar-refractivity contribution >= 4 is 23.4 Å². The first kappa shape index (κ1) is 17.4. The van der Waals surface area contributed by atoms with Crippen LogP contribution < -0.4 is 5.32 Å². The minimum atomic E-state index is -0.767. The first-order chi connectivity index (χ1) is 10.5. The summed E-state index contributed by atoms with van der Waals surface area (Å²) in [6.45, 7) is 5.04. The molecular formula is C16H19NO5. The number of esters is 2. The predicted molar refractivity (Wildman–Crippen MR) is 81.4 cm³/mol. The van der Waals surface area contributed by atoms with E-state index in [1.54, 1.807) is 38.1 Å². The third kappa shape index (κ3) is 5.05. The molecule has 0 unspecified atom stereocenters. The molecular weight excluding hydrogens is 286 g/mol. The number of anilines is 1. The third-order valence-electron chi connectivity index (χ3n) is 2.64. The molecule has 0 amide bonds. The van der Waals surface area contributed by atoms with Crippen molar-refractivity contribution in [3.8, 4) is 0 Å². The van der Waals surface area contributed by atoms with Crippen molar-refractivity contribution in [3.63, 3.8) is 0 Å². The smallest absolute Gasteiger partial charge is 0.347 e. The second-order valence-corrected chi connectivity index (χ2v) is 4.28. The van der Waals surface area contributed by atoms with E-state index in [0.717, 1.165) is 0 Å². The van der Waals surface area contributed by atoms with Crippen LogP contribution in [0.2, 0.25) is 0 Å². The number of ether oxygens (including phenoxy) is 2. The lowest BCUT2D eigenvalue weighted by Crippen LogP contribution is -2.19. The highest BCUT2D eigenvalue weighted by Gasteiger charge is 2.20. The number of carbonyl (C=O) groups excluding carboxylic acids is 3. The summed E-state index contributed by atoms with van der Waals surface area (Å²) in [4.78, 5) is 34.9. The van der Waals surface area contributed by atoms with Gasteiger partial charge in [0.2, 0.25) is 0 Å². The Morgan fingerprint density at radius 1 is 1.09 bits per heavy atom. The Bertz CT molecular complexity index is 572. The van der Waals surface area contributed by atoms with Crippen LogP contribution in [-0.4, -0.2) is 30.9 Å². The molecule has 1 aromatic carbocycles. The van der Waals surface area contributed by atoms with Crippen molar-refractivity contribution in [1.29, 1.82) is 0 Å². The summed E-state index contributed by atoms with van der Waals surface area (Å²) in [6.07, 6.45) is 1.22. The Balaban J connectivity index is 2.97. The normalized spacial score (nSPS) is 9.59. The Morgan fingerprint density at radius 2 is 1.68 bits per heavy atom. The van der Waals surface area contributed by atoms with Gasteiger partial charge in [0.25, 0.3) is 0 Å². The third-order valence-corrected chi connectivity index (χ3v) is 2.64. The Labute approximate surface area is 129 Å². The molecule has 0 radical (unpaired) electrons. The Hall–Kier alpha value is -2.63. The molecule has 0 fully saturated rings. The molecule has 6 heteroatoms. The molecule has 118 valence electrons. The summed E-state index contributed by atoms with van der Waals surface area (Å²) < 4.78 is 9.64. The monoisotopic (exact) mass is 305 g/mol. The second kappa shape index (κ2) is 8.61. The van der Waals surface area contributed by atoms with E-state index in [-0.39, 0.29) is 24.6 Å². The maximum Gasteiger partial charge on any atom is 0.347 e. The second-order valence-electron chi connectivity index (χ2n) is 4.28. The van der Waals surface area contributed by atoms with E-state index in [4.69, 9.17) is 9.47 Å². The zero-order chi connectivity index (χ0) is 16.5. The van der Waals surface area contributed by atoms with Crippen LogP contribution in [0.15, 0.2) is 36.0 Å². The molecule has 0 aliphatic rings. The van der Waals surface area contributed by atoms with Gasteiger partial charge in [-0.2, -0.15) is 0 Å². The van der Waals surface area contributed by atoms with Gasteiger partial charge in [0.05, 0.1) is 13.2 Å². The quantitative estimate of drug-likeness (QED) is 0.274. The zero-order valence-electron chi connectivity index (χ0n) is 12.8. The van der Waals surface area contributed by atoms with Crippen molar-refractivity contribution in [1.82, 2.24) is 0 Å². The standard InChI is InChI=1S/C16H19NO5/c1-4-21-15(19)14(16(20)22-5-2)10-17-13-8-6-7-12(9-13)11(3)18/h6-10,17H,4-5H2,1-3H3. The van der Waals surface area contributed by atoms with E-state index in [1.807, 2.05) is 0 Å². The first-order valence-electron chi connectivity index (χ1n) is 6.91. The van der Waals surface area contributed by atoms with Crippen molar-refractivity contribution in [2.24, 2.45) is 0 Å². The van der Waals surface area contributed by atoms with Gasteiger partial charge in [-0.3, -0.25) is 4.79 Å². The molecule has 1 rings (SSSR count). The maximum absolute atomic E-state index is 11.8. The Morgan fingerprint density at radius 3 is 2.18 bits per heavy atom. The fraction of sp³-hybridized carbons (Fsp3) is 0.312. The molecule has 1 N–H and O–H groups in total. The van der Waals surface area contributed by atoms with Crippen LogP contribution in [0.1, 0.15) is 31.1 Å². The topological polar surface area (TPSA) is 81.7 Å². The minimum absolute atomic E-state index is 0.0800. The summed E-state index contributed by atoms with van der Waals surface area (Å²) in [5.41, 5.74) is 0.850. The summed E-state index contributed by atoms with van der Waals surface area (Å²) >= 11 is 0. The number of carbonyl (C=O) groups is 3. The summed E-state index contributed by atoms with van der Waals surface area (Å²) in [6, 6.07) is 6.69. The number of hydrogen-bond donors (Lipinski definition) is 1. The lowest BCUT2D eigenvalue weighted by atomic mass is 10.1. The average molecular weight is 305 g/mol. The number of Topliss-reactive ketones (excluding diaryl/α,β-unsaturated/α-hetero) is 1. The van der Waals surface area contributed by atoms with E-state index in [1.165, 1.54) is 13.1 Å². The first-order valence-corrected chi connectivity index (χ1v) is 6.91. The fourth-order valence-corrected chi connectivity index (χ4v) is 1.60. The molecule has 0 aliphatic heterocycles. The van der Waals surface area contributed by atoms with E-state index in [0.29, 0.717) is 11.3 Å². The highest BCUT2D eigenvalue weighted by atomic mass is 16.6. The number of ketones is 1. The molecule has 6 nitrogen and oxygen atoms in total. The summed E-state index contributed by atoms with van der Waals surface area (Å²) in [5, 5.41) is 2.80.